The first kappa shape index (κ1) is 25.5. The van der Waals surface area contributed by atoms with Crippen LogP contribution >= 0.6 is 0 Å². The van der Waals surface area contributed by atoms with Gasteiger partial charge >= 0.3 is 5.97 Å². The normalized spacial score (nSPS) is 12.8. The van der Waals surface area contributed by atoms with E-state index < -0.39 is 5.97 Å². The Hall–Kier alpha value is -3.60. The maximum atomic E-state index is 13.5. The van der Waals surface area contributed by atoms with E-state index in [1.54, 1.807) is 0 Å². The van der Waals surface area contributed by atoms with Crippen LogP contribution in [0.15, 0.2) is 66.7 Å². The van der Waals surface area contributed by atoms with E-state index in [0.717, 1.165) is 42.6 Å². The first-order valence-electron chi connectivity index (χ1n) is 12.8. The van der Waals surface area contributed by atoms with Gasteiger partial charge in [-0.25, -0.2) is 0 Å². The van der Waals surface area contributed by atoms with Crippen molar-refractivity contribution in [2.24, 2.45) is 0 Å². The Morgan fingerprint density at radius 1 is 0.889 bits per heavy atom. The molecule has 1 fully saturated rings. The summed E-state index contributed by atoms with van der Waals surface area (Å²) in [5, 5.41) is 8.77. The first-order chi connectivity index (χ1) is 17.4. The first-order valence-corrected chi connectivity index (χ1v) is 12.8. The van der Waals surface area contributed by atoms with Crippen LogP contribution in [0.1, 0.15) is 65.6 Å². The van der Waals surface area contributed by atoms with Crippen molar-refractivity contribution in [2.45, 2.75) is 65.0 Å². The number of carboxylic acid groups (broad SMARTS) is 1. The highest BCUT2D eigenvalue weighted by Gasteiger charge is 2.33. The highest BCUT2D eigenvalue weighted by atomic mass is 16.5. The van der Waals surface area contributed by atoms with Gasteiger partial charge in [-0.15, -0.1) is 0 Å². The highest BCUT2D eigenvalue weighted by molar-refractivity contribution is 5.95. The molecule has 0 aromatic heterocycles. The molecule has 0 atom stereocenters. The molecule has 5 heteroatoms. The molecule has 0 unspecified atom stereocenters. The lowest BCUT2D eigenvalue weighted by Crippen LogP contribution is -2.32. The van der Waals surface area contributed by atoms with Gasteiger partial charge in [0, 0.05) is 30.1 Å². The smallest absolute Gasteiger partial charge is 0.303 e. The van der Waals surface area contributed by atoms with Gasteiger partial charge in [-0.2, -0.15) is 0 Å². The van der Waals surface area contributed by atoms with Crippen molar-refractivity contribution in [3.63, 3.8) is 0 Å². The van der Waals surface area contributed by atoms with Crippen LogP contribution in [0.3, 0.4) is 0 Å². The Morgan fingerprint density at radius 2 is 1.58 bits per heavy atom. The fourth-order valence-electron chi connectivity index (χ4n) is 4.56. The third-order valence-corrected chi connectivity index (χ3v) is 6.54. The van der Waals surface area contributed by atoms with Crippen molar-refractivity contribution in [1.29, 1.82) is 0 Å². The Morgan fingerprint density at radius 3 is 2.25 bits per heavy atom. The van der Waals surface area contributed by atoms with Gasteiger partial charge in [-0.05, 0) is 75.3 Å². The van der Waals surface area contributed by atoms with Crippen LogP contribution in [0.25, 0.3) is 11.1 Å². The van der Waals surface area contributed by atoms with Crippen molar-refractivity contribution in [3.8, 4) is 16.9 Å². The number of para-hydroxylation sites is 1. The van der Waals surface area contributed by atoms with E-state index >= 15 is 0 Å². The summed E-state index contributed by atoms with van der Waals surface area (Å²) in [6, 6.07) is 22.6. The number of hydrogen-bond donors (Lipinski definition) is 1. The van der Waals surface area contributed by atoms with Crippen LogP contribution in [0.4, 0.5) is 0 Å². The zero-order chi connectivity index (χ0) is 25.5. The second-order valence-corrected chi connectivity index (χ2v) is 9.78. The molecular weight excluding hydrogens is 450 g/mol. The number of amides is 1. The molecule has 0 spiro atoms. The molecule has 3 aromatic rings. The summed E-state index contributed by atoms with van der Waals surface area (Å²) in [7, 11) is 0. The molecule has 36 heavy (non-hydrogen) atoms. The summed E-state index contributed by atoms with van der Waals surface area (Å²) in [4.78, 5) is 26.2. The zero-order valence-corrected chi connectivity index (χ0v) is 21.2. The third kappa shape index (κ3) is 6.97. The second kappa shape index (κ2) is 11.9. The van der Waals surface area contributed by atoms with E-state index in [-0.39, 0.29) is 18.4 Å². The molecule has 1 aliphatic carbocycles. The van der Waals surface area contributed by atoms with Gasteiger partial charge in [0.2, 0.25) is 0 Å². The molecule has 1 N–H and O–H groups in total. The molecule has 1 saturated carbocycles. The van der Waals surface area contributed by atoms with E-state index in [9.17, 15) is 9.59 Å². The maximum Gasteiger partial charge on any atom is 0.303 e. The lowest BCUT2D eigenvalue weighted by Gasteiger charge is -2.24. The molecule has 4 rings (SSSR count). The molecule has 1 amide bonds. The molecule has 0 saturated heterocycles. The van der Waals surface area contributed by atoms with Crippen LogP contribution in [-0.4, -0.2) is 34.5 Å². The standard InChI is InChI=1S/C31H35NO4/c1-22-18-23(2)20-27(19-22)24-11-13-25(14-12-24)31(35)32(28-15-16-28)21-26-8-5-6-9-29(26)36-17-7-3-4-10-30(33)34/h5-6,8-9,11-14,18-20,28H,3-4,7,10,15-17,21H2,1-2H3,(H,33,34). The quantitative estimate of drug-likeness (QED) is 0.287. The number of aryl methyl sites for hydroxylation is 2. The van der Waals surface area contributed by atoms with Gasteiger partial charge in [0.25, 0.3) is 5.91 Å². The minimum atomic E-state index is -0.758. The van der Waals surface area contributed by atoms with Crippen LogP contribution in [0.2, 0.25) is 0 Å². The van der Waals surface area contributed by atoms with Crippen LogP contribution < -0.4 is 4.74 Å². The second-order valence-electron chi connectivity index (χ2n) is 9.78. The number of carbonyl (C=O) groups is 2. The molecule has 3 aromatic carbocycles. The number of nitrogens with zero attached hydrogens (tertiary/aromatic N) is 1. The third-order valence-electron chi connectivity index (χ3n) is 6.54. The van der Waals surface area contributed by atoms with Crippen molar-refractivity contribution in [2.75, 3.05) is 6.61 Å². The summed E-state index contributed by atoms with van der Waals surface area (Å²) in [6.07, 6.45) is 4.53. The molecule has 0 bridgehead atoms. The van der Waals surface area contributed by atoms with E-state index in [4.69, 9.17) is 9.84 Å². The Bertz CT molecular complexity index is 1180. The van der Waals surface area contributed by atoms with Crippen LogP contribution in [0.5, 0.6) is 5.75 Å². The molecule has 5 nitrogen and oxygen atoms in total. The highest BCUT2D eigenvalue weighted by Crippen LogP contribution is 2.32. The number of benzene rings is 3. The summed E-state index contributed by atoms with van der Waals surface area (Å²) in [6.45, 7) is 5.25. The Labute approximate surface area is 213 Å². The van der Waals surface area contributed by atoms with Gasteiger partial charge in [-0.1, -0.05) is 59.7 Å². The summed E-state index contributed by atoms with van der Waals surface area (Å²) < 4.78 is 6.03. The summed E-state index contributed by atoms with van der Waals surface area (Å²) in [5.74, 6) is 0.0818. The molecule has 0 aliphatic heterocycles. The molecule has 0 radical (unpaired) electrons. The number of hydrogen-bond acceptors (Lipinski definition) is 3. The lowest BCUT2D eigenvalue weighted by atomic mass is 9.99. The number of rotatable bonds is 12. The van der Waals surface area contributed by atoms with Gasteiger partial charge in [-0.3, -0.25) is 9.59 Å². The predicted octanol–water partition coefficient (Wildman–Crippen LogP) is 6.80. The number of carbonyl (C=O) groups excluding carboxylic acids is 1. The molecular formula is C31H35NO4. The molecule has 188 valence electrons. The number of carboxylic acids is 1. The minimum Gasteiger partial charge on any atom is -0.493 e. The van der Waals surface area contributed by atoms with E-state index in [0.29, 0.717) is 25.1 Å². The molecule has 1 aliphatic rings. The zero-order valence-electron chi connectivity index (χ0n) is 21.2. The number of aliphatic carboxylic acids is 1. The van der Waals surface area contributed by atoms with E-state index in [1.165, 1.54) is 16.7 Å². The van der Waals surface area contributed by atoms with E-state index in [2.05, 4.69) is 32.0 Å². The summed E-state index contributed by atoms with van der Waals surface area (Å²) in [5.41, 5.74) is 6.43. The number of ether oxygens (including phenoxy) is 1. The van der Waals surface area contributed by atoms with Crippen molar-refractivity contribution in [1.82, 2.24) is 4.90 Å². The summed E-state index contributed by atoms with van der Waals surface area (Å²) >= 11 is 0. The van der Waals surface area contributed by atoms with Crippen LogP contribution in [0, 0.1) is 13.8 Å². The van der Waals surface area contributed by atoms with Gasteiger partial charge < -0.3 is 14.7 Å². The topological polar surface area (TPSA) is 66.8 Å². The monoisotopic (exact) mass is 485 g/mol. The Balaban J connectivity index is 1.42. The van der Waals surface area contributed by atoms with Gasteiger partial charge in [0.1, 0.15) is 5.75 Å². The largest absolute Gasteiger partial charge is 0.493 e. The van der Waals surface area contributed by atoms with Crippen molar-refractivity contribution in [3.05, 3.63) is 89.0 Å². The van der Waals surface area contributed by atoms with Crippen molar-refractivity contribution < 1.29 is 19.4 Å². The molecule has 0 heterocycles. The SMILES string of the molecule is Cc1cc(C)cc(-c2ccc(C(=O)N(Cc3ccccc3OCCCCCC(=O)O)C3CC3)cc2)c1. The fraction of sp³-hybridized carbons (Fsp3) is 0.355. The predicted molar refractivity (Wildman–Crippen MR) is 142 cm³/mol. The average Bonchev–Trinajstić information content (AvgIpc) is 3.70. The van der Waals surface area contributed by atoms with Gasteiger partial charge in [0.15, 0.2) is 0 Å². The average molecular weight is 486 g/mol. The fourth-order valence-corrected chi connectivity index (χ4v) is 4.56. The maximum absolute atomic E-state index is 13.5. The number of unbranched alkanes of at least 4 members (excludes halogenated alkanes) is 2. The minimum absolute atomic E-state index is 0.0490. The van der Waals surface area contributed by atoms with E-state index in [1.807, 2.05) is 53.4 Å². The van der Waals surface area contributed by atoms with Gasteiger partial charge in [0.05, 0.1) is 6.61 Å². The van der Waals surface area contributed by atoms with Crippen molar-refractivity contribution >= 4 is 11.9 Å². The lowest BCUT2D eigenvalue weighted by molar-refractivity contribution is -0.137. The Kier molecular flexibility index (Phi) is 8.42. The van der Waals surface area contributed by atoms with Crippen LogP contribution in [-0.2, 0) is 11.3 Å².